The van der Waals surface area contributed by atoms with Gasteiger partial charge in [-0.05, 0) is 24.6 Å². The summed E-state index contributed by atoms with van der Waals surface area (Å²) >= 11 is 0. The van der Waals surface area contributed by atoms with Gasteiger partial charge in [0, 0.05) is 26.2 Å². The molecule has 19 heavy (non-hydrogen) atoms. The standard InChI is InChI=1S/C15H24N2O2/c1-4-8-16-12-13-6-7-14(15(11-13)19-3)17(5-2)9-10-18/h4,6-7,11,16,18H,1,5,8-10,12H2,2-3H3. The van der Waals surface area contributed by atoms with Gasteiger partial charge in [-0.25, -0.2) is 0 Å². The fraction of sp³-hybridized carbons (Fsp3) is 0.467. The van der Waals surface area contributed by atoms with Crippen molar-refractivity contribution in [2.45, 2.75) is 13.5 Å². The van der Waals surface area contributed by atoms with Crippen LogP contribution in [0.5, 0.6) is 5.75 Å². The molecule has 0 heterocycles. The number of ether oxygens (including phenoxy) is 1. The van der Waals surface area contributed by atoms with E-state index in [1.165, 1.54) is 5.56 Å². The summed E-state index contributed by atoms with van der Waals surface area (Å²) in [5.74, 6) is 0.841. The first-order valence-electron chi connectivity index (χ1n) is 6.61. The highest BCUT2D eigenvalue weighted by atomic mass is 16.5. The van der Waals surface area contributed by atoms with E-state index in [0.29, 0.717) is 6.54 Å². The average molecular weight is 264 g/mol. The topological polar surface area (TPSA) is 44.7 Å². The van der Waals surface area contributed by atoms with Crippen molar-refractivity contribution < 1.29 is 9.84 Å². The quantitative estimate of drug-likeness (QED) is 0.527. The Labute approximate surface area is 115 Å². The third kappa shape index (κ3) is 4.58. The molecule has 0 radical (unpaired) electrons. The Morgan fingerprint density at radius 2 is 2.26 bits per heavy atom. The molecule has 0 aliphatic carbocycles. The Balaban J connectivity index is 2.85. The molecule has 4 nitrogen and oxygen atoms in total. The second-order valence-corrected chi connectivity index (χ2v) is 4.23. The maximum Gasteiger partial charge on any atom is 0.142 e. The minimum absolute atomic E-state index is 0.139. The number of aliphatic hydroxyl groups is 1. The van der Waals surface area contributed by atoms with E-state index in [2.05, 4.69) is 29.8 Å². The van der Waals surface area contributed by atoms with E-state index < -0.39 is 0 Å². The van der Waals surface area contributed by atoms with Gasteiger partial charge in [0.15, 0.2) is 0 Å². The van der Waals surface area contributed by atoms with Gasteiger partial charge in [-0.1, -0.05) is 12.1 Å². The molecule has 106 valence electrons. The van der Waals surface area contributed by atoms with E-state index in [9.17, 15) is 0 Å². The third-order valence-corrected chi connectivity index (χ3v) is 2.95. The highest BCUT2D eigenvalue weighted by molar-refractivity contribution is 5.59. The Morgan fingerprint density at radius 1 is 1.47 bits per heavy atom. The Kier molecular flexibility index (Phi) is 7.00. The number of nitrogens with zero attached hydrogens (tertiary/aromatic N) is 1. The lowest BCUT2D eigenvalue weighted by Crippen LogP contribution is -2.26. The molecule has 0 aromatic heterocycles. The molecule has 1 rings (SSSR count). The highest BCUT2D eigenvalue weighted by Gasteiger charge is 2.10. The Morgan fingerprint density at radius 3 is 2.84 bits per heavy atom. The van der Waals surface area contributed by atoms with E-state index in [1.807, 2.05) is 18.2 Å². The number of likely N-dealkylation sites (N-methyl/N-ethyl adjacent to an activating group) is 1. The molecular formula is C15H24N2O2. The monoisotopic (exact) mass is 264 g/mol. The normalized spacial score (nSPS) is 10.3. The number of anilines is 1. The van der Waals surface area contributed by atoms with Crippen LogP contribution in [0.25, 0.3) is 0 Å². The van der Waals surface area contributed by atoms with Gasteiger partial charge >= 0.3 is 0 Å². The SMILES string of the molecule is C=CCNCc1ccc(N(CC)CCO)c(OC)c1. The molecule has 0 saturated heterocycles. The van der Waals surface area contributed by atoms with E-state index in [-0.39, 0.29) is 6.61 Å². The zero-order valence-electron chi connectivity index (χ0n) is 11.9. The number of nitrogens with one attached hydrogen (secondary N) is 1. The van der Waals surface area contributed by atoms with Crippen molar-refractivity contribution in [3.05, 3.63) is 36.4 Å². The van der Waals surface area contributed by atoms with Crippen molar-refractivity contribution >= 4 is 5.69 Å². The second-order valence-electron chi connectivity index (χ2n) is 4.23. The molecule has 0 bridgehead atoms. The lowest BCUT2D eigenvalue weighted by atomic mass is 10.1. The first-order chi connectivity index (χ1) is 9.26. The first kappa shape index (κ1) is 15.5. The van der Waals surface area contributed by atoms with Crippen LogP contribution in [0.15, 0.2) is 30.9 Å². The molecule has 2 N–H and O–H groups in total. The van der Waals surface area contributed by atoms with Gasteiger partial charge in [0.1, 0.15) is 5.75 Å². The average Bonchev–Trinajstić information content (AvgIpc) is 2.45. The van der Waals surface area contributed by atoms with Crippen molar-refractivity contribution in [1.82, 2.24) is 5.32 Å². The molecule has 0 fully saturated rings. The van der Waals surface area contributed by atoms with E-state index >= 15 is 0 Å². The number of benzene rings is 1. The summed E-state index contributed by atoms with van der Waals surface area (Å²) in [6.07, 6.45) is 1.84. The second kappa shape index (κ2) is 8.56. The van der Waals surface area contributed by atoms with Crippen LogP contribution in [0.2, 0.25) is 0 Å². The summed E-state index contributed by atoms with van der Waals surface area (Å²) in [5, 5.41) is 12.4. The lowest BCUT2D eigenvalue weighted by molar-refractivity contribution is 0.302. The predicted molar refractivity (Wildman–Crippen MR) is 79.9 cm³/mol. The van der Waals surface area contributed by atoms with Gasteiger partial charge in [0.25, 0.3) is 0 Å². The van der Waals surface area contributed by atoms with E-state index in [1.54, 1.807) is 7.11 Å². The van der Waals surface area contributed by atoms with Crippen LogP contribution in [0.1, 0.15) is 12.5 Å². The van der Waals surface area contributed by atoms with E-state index in [0.717, 1.165) is 31.1 Å². The van der Waals surface area contributed by atoms with Gasteiger partial charge in [0.2, 0.25) is 0 Å². The lowest BCUT2D eigenvalue weighted by Gasteiger charge is -2.24. The molecule has 0 amide bonds. The summed E-state index contributed by atoms with van der Waals surface area (Å²) in [4.78, 5) is 2.10. The predicted octanol–water partition coefficient (Wildman–Crippen LogP) is 1.79. The smallest absolute Gasteiger partial charge is 0.142 e. The molecular weight excluding hydrogens is 240 g/mol. The van der Waals surface area contributed by atoms with Crippen LogP contribution < -0.4 is 15.0 Å². The van der Waals surface area contributed by atoms with Crippen LogP contribution in [-0.2, 0) is 6.54 Å². The van der Waals surface area contributed by atoms with Crippen LogP contribution in [0.4, 0.5) is 5.69 Å². The molecule has 0 spiro atoms. The zero-order chi connectivity index (χ0) is 14.1. The number of aliphatic hydroxyl groups excluding tert-OH is 1. The van der Waals surface area contributed by atoms with Crippen molar-refractivity contribution in [1.29, 1.82) is 0 Å². The minimum atomic E-state index is 0.139. The molecule has 0 aliphatic heterocycles. The van der Waals surface area contributed by atoms with E-state index in [4.69, 9.17) is 9.84 Å². The summed E-state index contributed by atoms with van der Waals surface area (Å²) < 4.78 is 5.45. The molecule has 1 aromatic rings. The molecule has 0 unspecified atom stereocenters. The molecule has 1 aromatic carbocycles. The molecule has 0 aliphatic rings. The number of hydrogen-bond acceptors (Lipinski definition) is 4. The largest absolute Gasteiger partial charge is 0.495 e. The molecule has 0 saturated carbocycles. The molecule has 4 heteroatoms. The van der Waals surface area contributed by atoms with Crippen molar-refractivity contribution in [3.63, 3.8) is 0 Å². The Hall–Kier alpha value is -1.52. The summed E-state index contributed by atoms with van der Waals surface area (Å²) in [5.41, 5.74) is 2.19. The van der Waals surface area contributed by atoms with Gasteiger partial charge in [-0.2, -0.15) is 0 Å². The van der Waals surface area contributed by atoms with Crippen LogP contribution in [0, 0.1) is 0 Å². The minimum Gasteiger partial charge on any atom is -0.495 e. The maximum absolute atomic E-state index is 9.09. The van der Waals surface area contributed by atoms with Gasteiger partial charge in [0.05, 0.1) is 19.4 Å². The first-order valence-corrected chi connectivity index (χ1v) is 6.61. The van der Waals surface area contributed by atoms with Gasteiger partial charge in [-0.15, -0.1) is 6.58 Å². The fourth-order valence-electron chi connectivity index (χ4n) is 1.98. The Bertz CT molecular complexity index is 394. The highest BCUT2D eigenvalue weighted by Crippen LogP contribution is 2.29. The number of hydrogen-bond donors (Lipinski definition) is 2. The molecule has 0 atom stereocenters. The third-order valence-electron chi connectivity index (χ3n) is 2.95. The fourth-order valence-corrected chi connectivity index (χ4v) is 1.98. The number of methoxy groups -OCH3 is 1. The van der Waals surface area contributed by atoms with Crippen LogP contribution in [0.3, 0.4) is 0 Å². The van der Waals surface area contributed by atoms with Gasteiger partial charge in [-0.3, -0.25) is 0 Å². The van der Waals surface area contributed by atoms with Gasteiger partial charge < -0.3 is 20.1 Å². The number of rotatable bonds is 9. The summed E-state index contributed by atoms with van der Waals surface area (Å²) in [6.45, 7) is 8.90. The van der Waals surface area contributed by atoms with Crippen molar-refractivity contribution in [2.75, 3.05) is 38.3 Å². The van der Waals surface area contributed by atoms with Crippen LogP contribution in [-0.4, -0.2) is 38.5 Å². The van der Waals surface area contributed by atoms with Crippen LogP contribution >= 0.6 is 0 Å². The summed E-state index contributed by atoms with van der Waals surface area (Å²) in [6, 6.07) is 6.16. The summed E-state index contributed by atoms with van der Waals surface area (Å²) in [7, 11) is 1.67. The van der Waals surface area contributed by atoms with Crippen molar-refractivity contribution in [3.8, 4) is 5.75 Å². The zero-order valence-corrected chi connectivity index (χ0v) is 11.9. The maximum atomic E-state index is 9.09. The van der Waals surface area contributed by atoms with Crippen molar-refractivity contribution in [2.24, 2.45) is 0 Å².